The molecule has 1 fully saturated rings. The van der Waals surface area contributed by atoms with Gasteiger partial charge in [-0.2, -0.15) is 5.10 Å². The highest BCUT2D eigenvalue weighted by atomic mass is 32.2. The molecule has 2 aliphatic heterocycles. The maximum absolute atomic E-state index is 12.4. The van der Waals surface area contributed by atoms with Crippen molar-refractivity contribution < 1.29 is 21.6 Å². The average Bonchev–Trinajstić information content (AvgIpc) is 3.13. The summed E-state index contributed by atoms with van der Waals surface area (Å²) in [5.41, 5.74) is 2.41. The van der Waals surface area contributed by atoms with Crippen LogP contribution in [-0.2, 0) is 24.5 Å². The van der Waals surface area contributed by atoms with E-state index in [2.05, 4.69) is 10.4 Å². The molecule has 2 aliphatic rings. The minimum absolute atomic E-state index is 0.0180. The predicted molar refractivity (Wildman–Crippen MR) is 104 cm³/mol. The first kappa shape index (κ1) is 19.1. The fourth-order valence-corrected chi connectivity index (χ4v) is 6.36. The second kappa shape index (κ2) is 6.41. The van der Waals surface area contributed by atoms with Gasteiger partial charge < -0.3 is 5.32 Å². The Bertz CT molecular complexity index is 1160. The van der Waals surface area contributed by atoms with Gasteiger partial charge >= 0.3 is 0 Å². The van der Waals surface area contributed by atoms with Gasteiger partial charge in [-0.05, 0) is 31.0 Å². The monoisotopic (exact) mass is 423 g/mol. The van der Waals surface area contributed by atoms with Gasteiger partial charge in [0.25, 0.3) is 0 Å². The van der Waals surface area contributed by atoms with Crippen LogP contribution in [-0.4, -0.2) is 50.3 Å². The molecule has 1 amide bonds. The van der Waals surface area contributed by atoms with Crippen molar-refractivity contribution in [2.75, 3.05) is 23.1 Å². The number of hydrogen-bond acceptors (Lipinski definition) is 6. The highest BCUT2D eigenvalue weighted by Gasteiger charge is 2.37. The van der Waals surface area contributed by atoms with Crippen molar-refractivity contribution in [3.05, 3.63) is 41.1 Å². The predicted octanol–water partition coefficient (Wildman–Crippen LogP) is 1.43. The van der Waals surface area contributed by atoms with Crippen LogP contribution in [0.5, 0.6) is 0 Å². The number of nitrogens with one attached hydrogen (secondary N) is 1. The first-order chi connectivity index (χ1) is 13.0. The number of fused-ring (bicyclic) bond motifs is 1. The number of aromatic nitrogens is 2. The van der Waals surface area contributed by atoms with Gasteiger partial charge in [0.15, 0.2) is 19.7 Å². The number of nitrogens with zero attached hydrogens (tertiary/aromatic N) is 2. The molecule has 1 aromatic heterocycles. The van der Waals surface area contributed by atoms with Gasteiger partial charge in [0.05, 0.1) is 28.1 Å². The first-order valence-corrected chi connectivity index (χ1v) is 12.7. The van der Waals surface area contributed by atoms with Crippen molar-refractivity contribution in [2.24, 2.45) is 0 Å². The number of anilines is 1. The summed E-state index contributed by atoms with van der Waals surface area (Å²) in [6.07, 6.45) is 1.85. The van der Waals surface area contributed by atoms with Crippen LogP contribution in [0.2, 0.25) is 0 Å². The van der Waals surface area contributed by atoms with Crippen LogP contribution in [0.3, 0.4) is 0 Å². The number of amides is 1. The highest BCUT2D eigenvalue weighted by molar-refractivity contribution is 7.91. The zero-order valence-corrected chi connectivity index (χ0v) is 17.2. The second-order valence-electron chi connectivity index (χ2n) is 7.50. The average molecular weight is 424 g/mol. The van der Waals surface area contributed by atoms with Gasteiger partial charge in [-0.25, -0.2) is 21.5 Å². The minimum Gasteiger partial charge on any atom is -0.311 e. The van der Waals surface area contributed by atoms with Crippen LogP contribution in [0.15, 0.2) is 29.2 Å². The molecular formula is C18H21N3O5S2. The SMILES string of the molecule is Cc1nn([C@H]2CCS(=O)(=O)C2)c2c1[C@H](c1ccc(S(C)(=O)=O)cc1)CC(=O)N2. The van der Waals surface area contributed by atoms with E-state index in [4.69, 9.17) is 0 Å². The van der Waals surface area contributed by atoms with E-state index in [1.807, 2.05) is 6.92 Å². The summed E-state index contributed by atoms with van der Waals surface area (Å²) in [4.78, 5) is 12.6. The number of carbonyl (C=O) groups excluding carboxylic acids is 1. The lowest BCUT2D eigenvalue weighted by atomic mass is 9.86. The Morgan fingerprint density at radius 1 is 1.21 bits per heavy atom. The zero-order valence-electron chi connectivity index (χ0n) is 15.5. The number of sulfone groups is 2. The van der Waals surface area contributed by atoms with Gasteiger partial charge in [-0.15, -0.1) is 0 Å². The molecule has 0 bridgehead atoms. The fraction of sp³-hybridized carbons (Fsp3) is 0.444. The van der Waals surface area contributed by atoms with Crippen LogP contribution < -0.4 is 5.32 Å². The van der Waals surface area contributed by atoms with Gasteiger partial charge in [0, 0.05) is 24.2 Å². The molecule has 1 N–H and O–H groups in total. The van der Waals surface area contributed by atoms with Gasteiger partial charge in [-0.3, -0.25) is 4.79 Å². The fourth-order valence-electron chi connectivity index (χ4n) is 4.04. The molecule has 8 nitrogen and oxygen atoms in total. The lowest BCUT2D eigenvalue weighted by Gasteiger charge is -2.25. The molecule has 150 valence electrons. The molecule has 1 aromatic carbocycles. The van der Waals surface area contributed by atoms with E-state index in [1.54, 1.807) is 28.9 Å². The smallest absolute Gasteiger partial charge is 0.226 e. The Kier molecular flexibility index (Phi) is 4.38. The Morgan fingerprint density at radius 3 is 2.46 bits per heavy atom. The third-order valence-corrected chi connectivity index (χ3v) is 8.27. The third kappa shape index (κ3) is 3.35. The highest BCUT2D eigenvalue weighted by Crippen LogP contribution is 2.41. The number of aryl methyl sites for hydroxylation is 1. The van der Waals surface area contributed by atoms with Crippen molar-refractivity contribution in [3.63, 3.8) is 0 Å². The van der Waals surface area contributed by atoms with Crippen molar-refractivity contribution in [1.29, 1.82) is 0 Å². The molecule has 2 aromatic rings. The number of benzene rings is 1. The summed E-state index contributed by atoms with van der Waals surface area (Å²) in [5.74, 6) is 0.253. The van der Waals surface area contributed by atoms with Gasteiger partial charge in [-0.1, -0.05) is 12.1 Å². The molecule has 10 heteroatoms. The lowest BCUT2D eigenvalue weighted by Crippen LogP contribution is -2.26. The van der Waals surface area contributed by atoms with E-state index in [0.29, 0.717) is 12.2 Å². The molecule has 0 aliphatic carbocycles. The van der Waals surface area contributed by atoms with Gasteiger partial charge in [0.2, 0.25) is 5.91 Å². The minimum atomic E-state index is -3.30. The number of carbonyl (C=O) groups is 1. The molecule has 0 radical (unpaired) electrons. The van der Waals surface area contributed by atoms with Crippen LogP contribution in [0.25, 0.3) is 0 Å². The normalized spacial score (nSPS) is 24.0. The zero-order chi connectivity index (χ0) is 20.3. The quantitative estimate of drug-likeness (QED) is 0.799. The molecule has 0 unspecified atom stereocenters. The molecule has 3 heterocycles. The Morgan fingerprint density at radius 2 is 1.89 bits per heavy atom. The lowest BCUT2D eigenvalue weighted by molar-refractivity contribution is -0.116. The molecule has 28 heavy (non-hydrogen) atoms. The number of hydrogen-bond donors (Lipinski definition) is 1. The van der Waals surface area contributed by atoms with E-state index < -0.39 is 19.7 Å². The summed E-state index contributed by atoms with van der Waals surface area (Å²) in [6.45, 7) is 1.84. The van der Waals surface area contributed by atoms with E-state index in [0.717, 1.165) is 23.1 Å². The van der Waals surface area contributed by atoms with Crippen LogP contribution in [0, 0.1) is 6.92 Å². The maximum atomic E-state index is 12.4. The van der Waals surface area contributed by atoms with E-state index in [9.17, 15) is 21.6 Å². The standard InChI is InChI=1S/C18H21N3O5S2/c1-11-17-15(12-3-5-14(6-4-12)27(2,23)24)9-16(22)19-18(17)21(20-11)13-7-8-28(25,26)10-13/h3-6,13,15H,7-10H2,1-2H3,(H,19,22)/t13-,15-/m0/s1. The van der Waals surface area contributed by atoms with E-state index in [-0.39, 0.29) is 40.7 Å². The third-order valence-electron chi connectivity index (χ3n) is 5.39. The van der Waals surface area contributed by atoms with Crippen LogP contribution >= 0.6 is 0 Å². The summed E-state index contributed by atoms with van der Waals surface area (Å²) < 4.78 is 48.8. The van der Waals surface area contributed by atoms with Crippen molar-refractivity contribution in [1.82, 2.24) is 9.78 Å². The van der Waals surface area contributed by atoms with Crippen molar-refractivity contribution >= 4 is 31.4 Å². The van der Waals surface area contributed by atoms with Crippen molar-refractivity contribution in [2.45, 2.75) is 36.6 Å². The summed E-state index contributed by atoms with van der Waals surface area (Å²) in [6, 6.07) is 6.24. The summed E-state index contributed by atoms with van der Waals surface area (Å²) in [5, 5.41) is 7.41. The Balaban J connectivity index is 1.77. The summed E-state index contributed by atoms with van der Waals surface area (Å²) >= 11 is 0. The summed E-state index contributed by atoms with van der Waals surface area (Å²) in [7, 11) is -6.39. The van der Waals surface area contributed by atoms with Crippen LogP contribution in [0.1, 0.15) is 41.6 Å². The molecular weight excluding hydrogens is 402 g/mol. The van der Waals surface area contributed by atoms with E-state index in [1.165, 1.54) is 0 Å². The second-order valence-corrected chi connectivity index (χ2v) is 11.7. The first-order valence-electron chi connectivity index (χ1n) is 8.94. The van der Waals surface area contributed by atoms with Crippen LogP contribution in [0.4, 0.5) is 5.82 Å². The topological polar surface area (TPSA) is 115 Å². The molecule has 0 spiro atoms. The Labute approximate surface area is 163 Å². The van der Waals surface area contributed by atoms with Gasteiger partial charge in [0.1, 0.15) is 5.82 Å². The molecule has 0 saturated carbocycles. The maximum Gasteiger partial charge on any atom is 0.226 e. The molecule has 4 rings (SSSR count). The van der Waals surface area contributed by atoms with E-state index >= 15 is 0 Å². The largest absolute Gasteiger partial charge is 0.311 e. The Hall–Kier alpha value is -2.20. The van der Waals surface area contributed by atoms with Crippen molar-refractivity contribution in [3.8, 4) is 0 Å². The number of rotatable bonds is 3. The molecule has 1 saturated heterocycles. The molecule has 2 atom stereocenters.